The lowest BCUT2D eigenvalue weighted by molar-refractivity contribution is -0.149. The number of nitrogens with two attached hydrogens (primary N) is 1. The van der Waals surface area contributed by atoms with Crippen molar-refractivity contribution in [2.75, 3.05) is 0 Å². The van der Waals surface area contributed by atoms with Crippen molar-refractivity contribution in [3.63, 3.8) is 0 Å². The molecule has 8 heteroatoms. The standard InChI is InChI=1S/C10H12Cl2N2O3.ClH/c1-5(15)9(13)10(16)17-4-6-2-7(11)14-8(12)3-6;/h2-3,5,9,15H,4,13H2,1H3;1H/t5-,9-;/m0./s1. The maximum absolute atomic E-state index is 11.3. The number of aromatic nitrogens is 1. The summed E-state index contributed by atoms with van der Waals surface area (Å²) in [6, 6.07) is 1.98. The molecule has 1 rings (SSSR count). The van der Waals surface area contributed by atoms with E-state index >= 15 is 0 Å². The molecule has 0 fully saturated rings. The van der Waals surface area contributed by atoms with Crippen molar-refractivity contribution in [2.24, 2.45) is 5.73 Å². The summed E-state index contributed by atoms with van der Waals surface area (Å²) < 4.78 is 4.89. The number of ether oxygens (including phenoxy) is 1. The molecule has 3 N–H and O–H groups in total. The highest BCUT2D eigenvalue weighted by atomic mass is 35.5. The van der Waals surface area contributed by atoms with E-state index in [1.165, 1.54) is 19.1 Å². The summed E-state index contributed by atoms with van der Waals surface area (Å²) >= 11 is 11.4. The highest BCUT2D eigenvalue weighted by molar-refractivity contribution is 6.32. The summed E-state index contributed by atoms with van der Waals surface area (Å²) in [5.41, 5.74) is 5.99. The minimum atomic E-state index is -1.07. The number of hydrogen-bond acceptors (Lipinski definition) is 5. The minimum Gasteiger partial charge on any atom is -0.460 e. The van der Waals surface area contributed by atoms with Gasteiger partial charge >= 0.3 is 5.97 Å². The Morgan fingerprint density at radius 1 is 1.50 bits per heavy atom. The van der Waals surface area contributed by atoms with E-state index in [2.05, 4.69) is 4.98 Å². The van der Waals surface area contributed by atoms with Gasteiger partial charge in [-0.1, -0.05) is 23.2 Å². The minimum absolute atomic E-state index is 0. The molecular formula is C10H13Cl3N2O3. The third-order valence-corrected chi connectivity index (χ3v) is 2.38. The Bertz CT molecular complexity index is 395. The number of rotatable bonds is 4. The van der Waals surface area contributed by atoms with Crippen LogP contribution in [0, 0.1) is 0 Å². The number of halogens is 3. The van der Waals surface area contributed by atoms with Crippen molar-refractivity contribution in [3.05, 3.63) is 28.0 Å². The van der Waals surface area contributed by atoms with Crippen LogP contribution in [0.2, 0.25) is 10.3 Å². The molecule has 0 spiro atoms. The zero-order chi connectivity index (χ0) is 13.0. The number of aliphatic hydroxyl groups excluding tert-OH is 1. The quantitative estimate of drug-likeness (QED) is 0.650. The van der Waals surface area contributed by atoms with Gasteiger partial charge in [-0.3, -0.25) is 4.79 Å². The lowest BCUT2D eigenvalue weighted by atomic mass is 10.2. The molecule has 1 aromatic rings. The fourth-order valence-electron chi connectivity index (χ4n) is 1.05. The van der Waals surface area contributed by atoms with Crippen LogP contribution in [0.25, 0.3) is 0 Å². The molecule has 1 heterocycles. The molecule has 0 aromatic carbocycles. The fourth-order valence-corrected chi connectivity index (χ4v) is 1.55. The highest BCUT2D eigenvalue weighted by Gasteiger charge is 2.20. The molecule has 0 radical (unpaired) electrons. The van der Waals surface area contributed by atoms with E-state index in [9.17, 15) is 4.79 Å². The Balaban J connectivity index is 0.00000289. The van der Waals surface area contributed by atoms with Gasteiger partial charge in [0.15, 0.2) is 0 Å². The van der Waals surface area contributed by atoms with Crippen molar-refractivity contribution in [3.8, 4) is 0 Å². The van der Waals surface area contributed by atoms with Crippen LogP contribution in [0.1, 0.15) is 12.5 Å². The second kappa shape index (κ2) is 7.76. The number of carbonyl (C=O) groups is 1. The third-order valence-electron chi connectivity index (χ3n) is 2.00. The Morgan fingerprint density at radius 2 is 2.00 bits per heavy atom. The molecule has 102 valence electrons. The second-order valence-electron chi connectivity index (χ2n) is 3.49. The Hall–Kier alpha value is -0.590. The summed E-state index contributed by atoms with van der Waals surface area (Å²) in [6.45, 7) is 1.38. The van der Waals surface area contributed by atoms with Gasteiger partial charge in [0.05, 0.1) is 6.10 Å². The summed E-state index contributed by atoms with van der Waals surface area (Å²) in [5.74, 6) is -0.691. The van der Waals surface area contributed by atoms with Crippen LogP contribution >= 0.6 is 35.6 Å². The number of carbonyl (C=O) groups excluding carboxylic acids is 1. The van der Waals surface area contributed by atoms with Crippen LogP contribution in [-0.4, -0.2) is 28.2 Å². The van der Waals surface area contributed by atoms with E-state index in [1.54, 1.807) is 0 Å². The van der Waals surface area contributed by atoms with Crippen LogP contribution in [0.5, 0.6) is 0 Å². The molecule has 0 unspecified atom stereocenters. The molecular weight excluding hydrogens is 302 g/mol. The molecule has 0 saturated heterocycles. The zero-order valence-corrected chi connectivity index (χ0v) is 11.8. The predicted molar refractivity (Wildman–Crippen MR) is 71.0 cm³/mol. The van der Waals surface area contributed by atoms with E-state index in [4.69, 9.17) is 38.8 Å². The first-order valence-corrected chi connectivity index (χ1v) is 5.58. The van der Waals surface area contributed by atoms with Crippen LogP contribution < -0.4 is 5.73 Å². The van der Waals surface area contributed by atoms with Gasteiger partial charge < -0.3 is 15.6 Å². The van der Waals surface area contributed by atoms with Gasteiger partial charge in [-0.15, -0.1) is 12.4 Å². The van der Waals surface area contributed by atoms with Crippen molar-refractivity contribution >= 4 is 41.6 Å². The number of nitrogens with zero attached hydrogens (tertiary/aromatic N) is 1. The molecule has 0 amide bonds. The van der Waals surface area contributed by atoms with Crippen LogP contribution in [0.3, 0.4) is 0 Å². The second-order valence-corrected chi connectivity index (χ2v) is 4.27. The predicted octanol–water partition coefficient (Wildman–Crippen LogP) is 1.56. The Labute approximate surface area is 121 Å². The normalized spacial score (nSPS) is 13.4. The lowest BCUT2D eigenvalue weighted by Crippen LogP contribution is -2.41. The average molecular weight is 316 g/mol. The van der Waals surface area contributed by atoms with Crippen molar-refractivity contribution in [1.29, 1.82) is 0 Å². The van der Waals surface area contributed by atoms with Crippen LogP contribution in [0.15, 0.2) is 12.1 Å². The average Bonchev–Trinajstić information content (AvgIpc) is 2.23. The summed E-state index contributed by atoms with van der Waals surface area (Å²) in [5, 5.41) is 9.52. The van der Waals surface area contributed by atoms with Crippen LogP contribution in [-0.2, 0) is 16.1 Å². The van der Waals surface area contributed by atoms with Gasteiger partial charge in [0, 0.05) is 0 Å². The summed E-state index contributed by atoms with van der Waals surface area (Å²) in [6.07, 6.45) is -0.966. The van der Waals surface area contributed by atoms with Gasteiger partial charge in [-0.2, -0.15) is 0 Å². The molecule has 0 saturated carbocycles. The molecule has 0 aliphatic heterocycles. The Kier molecular flexibility index (Phi) is 7.51. The van der Waals surface area contributed by atoms with E-state index in [-0.39, 0.29) is 29.3 Å². The van der Waals surface area contributed by atoms with Gasteiger partial charge in [-0.05, 0) is 24.6 Å². The molecule has 2 atom stereocenters. The monoisotopic (exact) mass is 314 g/mol. The topological polar surface area (TPSA) is 85.4 Å². The fraction of sp³-hybridized carbons (Fsp3) is 0.400. The third kappa shape index (κ3) is 5.37. The van der Waals surface area contributed by atoms with E-state index in [1.807, 2.05) is 0 Å². The molecule has 1 aromatic heterocycles. The molecule has 5 nitrogen and oxygen atoms in total. The van der Waals surface area contributed by atoms with Crippen LogP contribution in [0.4, 0.5) is 0 Å². The van der Waals surface area contributed by atoms with E-state index in [0.717, 1.165) is 0 Å². The lowest BCUT2D eigenvalue weighted by Gasteiger charge is -2.13. The number of pyridine rings is 1. The maximum Gasteiger partial charge on any atom is 0.325 e. The van der Waals surface area contributed by atoms with Gasteiger partial charge in [0.25, 0.3) is 0 Å². The SMILES string of the molecule is C[C@H](O)[C@H](N)C(=O)OCc1cc(Cl)nc(Cl)c1.Cl. The summed E-state index contributed by atoms with van der Waals surface area (Å²) in [4.78, 5) is 15.1. The summed E-state index contributed by atoms with van der Waals surface area (Å²) in [7, 11) is 0. The first-order valence-electron chi connectivity index (χ1n) is 4.82. The number of esters is 1. The smallest absolute Gasteiger partial charge is 0.325 e. The molecule has 0 aliphatic carbocycles. The van der Waals surface area contributed by atoms with E-state index in [0.29, 0.717) is 5.56 Å². The van der Waals surface area contributed by atoms with Gasteiger partial charge in [0.1, 0.15) is 23.0 Å². The van der Waals surface area contributed by atoms with Crippen molar-refractivity contribution in [1.82, 2.24) is 4.98 Å². The molecule has 18 heavy (non-hydrogen) atoms. The van der Waals surface area contributed by atoms with Crippen molar-refractivity contribution in [2.45, 2.75) is 25.7 Å². The molecule has 0 aliphatic rings. The Morgan fingerprint density at radius 3 is 2.44 bits per heavy atom. The first kappa shape index (κ1) is 17.4. The van der Waals surface area contributed by atoms with Gasteiger partial charge in [-0.25, -0.2) is 4.98 Å². The number of aliphatic hydroxyl groups is 1. The maximum atomic E-state index is 11.3. The highest BCUT2D eigenvalue weighted by Crippen LogP contribution is 2.15. The first-order chi connectivity index (χ1) is 7.90. The number of hydrogen-bond donors (Lipinski definition) is 2. The van der Waals surface area contributed by atoms with Crippen molar-refractivity contribution < 1.29 is 14.6 Å². The zero-order valence-electron chi connectivity index (χ0n) is 9.47. The van der Waals surface area contributed by atoms with Gasteiger partial charge in [0.2, 0.25) is 0 Å². The largest absolute Gasteiger partial charge is 0.460 e. The molecule has 0 bridgehead atoms. The van der Waals surface area contributed by atoms with E-state index < -0.39 is 18.1 Å².